The number of hydrogen-bond donors (Lipinski definition) is 1. The topological polar surface area (TPSA) is 43.8 Å². The number of piperidine rings is 3. The van der Waals surface area contributed by atoms with Crippen LogP contribution in [-0.4, -0.2) is 52.5 Å². The Morgan fingerprint density at radius 3 is 2.72 bits per heavy atom. The van der Waals surface area contributed by atoms with Gasteiger partial charge in [0.2, 0.25) is 0 Å². The second-order valence-corrected chi connectivity index (χ2v) is 8.26. The number of likely N-dealkylation sites (tertiary alicyclic amines) is 1. The molecule has 1 amide bonds. The second kappa shape index (κ2) is 6.99. The van der Waals surface area contributed by atoms with Crippen LogP contribution in [0.5, 0.6) is 5.75 Å². The van der Waals surface area contributed by atoms with Crippen LogP contribution < -0.4 is 0 Å². The predicted molar refractivity (Wildman–Crippen MR) is 98.6 cm³/mol. The highest BCUT2D eigenvalue weighted by Gasteiger charge is 2.45. The molecular weight excluding hydrogens is 312 g/mol. The average Bonchev–Trinajstić information content (AvgIpc) is 2.62. The molecule has 4 atom stereocenters. The van der Waals surface area contributed by atoms with Crippen molar-refractivity contribution in [1.82, 2.24) is 9.80 Å². The predicted octanol–water partition coefficient (Wildman–Crippen LogP) is 3.51. The number of amides is 1. The van der Waals surface area contributed by atoms with Gasteiger partial charge in [-0.3, -0.25) is 9.69 Å². The van der Waals surface area contributed by atoms with Crippen LogP contribution in [0, 0.1) is 11.8 Å². The van der Waals surface area contributed by atoms with Crippen molar-refractivity contribution < 1.29 is 9.90 Å². The van der Waals surface area contributed by atoms with E-state index in [1.807, 2.05) is 0 Å². The maximum absolute atomic E-state index is 12.9. The Balaban J connectivity index is 1.48. The number of fused-ring (bicyclic) bond motifs is 4. The molecular formula is C21H30N2O2. The number of phenols is 1. The van der Waals surface area contributed by atoms with E-state index >= 15 is 0 Å². The zero-order valence-electron chi connectivity index (χ0n) is 15.2. The Morgan fingerprint density at radius 1 is 1.16 bits per heavy atom. The van der Waals surface area contributed by atoms with E-state index in [0.717, 1.165) is 19.1 Å². The van der Waals surface area contributed by atoms with E-state index in [2.05, 4.69) is 16.7 Å². The first-order chi connectivity index (χ1) is 12.2. The first kappa shape index (κ1) is 16.9. The Hall–Kier alpha value is -1.55. The van der Waals surface area contributed by atoms with E-state index in [0.29, 0.717) is 23.4 Å². The maximum Gasteiger partial charge on any atom is 0.253 e. The fraction of sp³-hybridized carbons (Fsp3) is 0.667. The molecule has 3 aliphatic heterocycles. The Morgan fingerprint density at radius 2 is 1.96 bits per heavy atom. The highest BCUT2D eigenvalue weighted by Crippen LogP contribution is 2.40. The van der Waals surface area contributed by atoms with Gasteiger partial charge >= 0.3 is 0 Å². The van der Waals surface area contributed by atoms with Crippen molar-refractivity contribution in [3.8, 4) is 5.75 Å². The summed E-state index contributed by atoms with van der Waals surface area (Å²) in [4.78, 5) is 17.8. The lowest BCUT2D eigenvalue weighted by atomic mass is 9.74. The summed E-state index contributed by atoms with van der Waals surface area (Å²) in [5, 5.41) is 9.45. The summed E-state index contributed by atoms with van der Waals surface area (Å²) in [6, 6.07) is 8.15. The summed E-state index contributed by atoms with van der Waals surface area (Å²) in [7, 11) is 0. The minimum absolute atomic E-state index is 0.129. The SMILES string of the molecule is CCC[C@H]1CCC[C@H]2[C@@H]3C[C@@H](CN(C(=O)c4ccc(O)cc4)C3)CN12. The van der Waals surface area contributed by atoms with Gasteiger partial charge in [-0.1, -0.05) is 19.8 Å². The fourth-order valence-corrected chi connectivity index (χ4v) is 5.51. The van der Waals surface area contributed by atoms with Crippen molar-refractivity contribution in [3.63, 3.8) is 0 Å². The molecule has 4 heteroatoms. The van der Waals surface area contributed by atoms with Crippen LogP contribution in [0.25, 0.3) is 0 Å². The van der Waals surface area contributed by atoms with Crippen molar-refractivity contribution in [3.05, 3.63) is 29.8 Å². The lowest BCUT2D eigenvalue weighted by Gasteiger charge is -2.55. The van der Waals surface area contributed by atoms with Gasteiger partial charge in [-0.05, 0) is 61.8 Å². The molecule has 136 valence electrons. The summed E-state index contributed by atoms with van der Waals surface area (Å²) < 4.78 is 0. The van der Waals surface area contributed by atoms with E-state index in [9.17, 15) is 9.90 Å². The maximum atomic E-state index is 12.9. The lowest BCUT2D eigenvalue weighted by molar-refractivity contribution is -0.0518. The average molecular weight is 342 g/mol. The molecule has 3 saturated heterocycles. The van der Waals surface area contributed by atoms with Crippen LogP contribution in [0.3, 0.4) is 0 Å². The van der Waals surface area contributed by atoms with Crippen molar-refractivity contribution in [2.24, 2.45) is 11.8 Å². The van der Waals surface area contributed by atoms with Crippen molar-refractivity contribution in [2.45, 2.75) is 57.5 Å². The highest BCUT2D eigenvalue weighted by molar-refractivity contribution is 5.94. The van der Waals surface area contributed by atoms with Gasteiger partial charge in [0.05, 0.1) is 0 Å². The molecule has 0 aliphatic carbocycles. The standard InChI is InChI=1S/C21H30N2O2/c1-2-4-18-5-3-6-20-17-11-15(13-23(18)20)12-22(14-17)21(25)16-7-9-19(24)10-8-16/h7-10,15,17-18,20,24H,2-6,11-14H2,1H3/t15-,17+,18-,20-/m0/s1. The number of carbonyl (C=O) groups excluding carboxylic acids is 1. The third-order valence-electron chi connectivity index (χ3n) is 6.54. The molecule has 0 aromatic heterocycles. The molecule has 4 rings (SSSR count). The van der Waals surface area contributed by atoms with Gasteiger partial charge in [-0.25, -0.2) is 0 Å². The van der Waals surface area contributed by atoms with E-state index in [1.165, 1.54) is 45.1 Å². The summed E-state index contributed by atoms with van der Waals surface area (Å²) >= 11 is 0. The van der Waals surface area contributed by atoms with Gasteiger partial charge in [0, 0.05) is 37.3 Å². The highest BCUT2D eigenvalue weighted by atomic mass is 16.3. The molecule has 1 aromatic carbocycles. The summed E-state index contributed by atoms with van der Waals surface area (Å²) in [6.45, 7) is 5.26. The van der Waals surface area contributed by atoms with Crippen molar-refractivity contribution in [1.29, 1.82) is 0 Å². The monoisotopic (exact) mass is 342 g/mol. The van der Waals surface area contributed by atoms with E-state index in [4.69, 9.17) is 0 Å². The molecule has 0 spiro atoms. The largest absolute Gasteiger partial charge is 0.508 e. The zero-order valence-corrected chi connectivity index (χ0v) is 15.2. The van der Waals surface area contributed by atoms with Crippen LogP contribution in [0.4, 0.5) is 0 Å². The van der Waals surface area contributed by atoms with Gasteiger partial charge < -0.3 is 10.0 Å². The normalized spacial score (nSPS) is 32.3. The molecule has 3 fully saturated rings. The fourth-order valence-electron chi connectivity index (χ4n) is 5.51. The van der Waals surface area contributed by atoms with E-state index in [1.54, 1.807) is 24.3 Å². The first-order valence-electron chi connectivity index (χ1n) is 9.99. The molecule has 3 aliphatic rings. The van der Waals surface area contributed by atoms with Gasteiger partial charge in [0.1, 0.15) is 5.75 Å². The van der Waals surface area contributed by atoms with Crippen LogP contribution in [0.15, 0.2) is 24.3 Å². The minimum atomic E-state index is 0.129. The first-order valence-corrected chi connectivity index (χ1v) is 9.99. The van der Waals surface area contributed by atoms with Crippen LogP contribution in [-0.2, 0) is 0 Å². The Bertz CT molecular complexity index is 613. The molecule has 0 saturated carbocycles. The molecule has 4 nitrogen and oxygen atoms in total. The van der Waals surface area contributed by atoms with Gasteiger partial charge in [-0.15, -0.1) is 0 Å². The third kappa shape index (κ3) is 3.29. The second-order valence-electron chi connectivity index (χ2n) is 8.26. The van der Waals surface area contributed by atoms with Crippen LogP contribution in [0.1, 0.15) is 55.8 Å². The number of nitrogens with zero attached hydrogens (tertiary/aromatic N) is 2. The minimum Gasteiger partial charge on any atom is -0.508 e. The number of hydrogen-bond acceptors (Lipinski definition) is 3. The van der Waals surface area contributed by atoms with E-state index < -0.39 is 0 Å². The van der Waals surface area contributed by atoms with Gasteiger partial charge in [-0.2, -0.15) is 0 Å². The van der Waals surface area contributed by atoms with E-state index in [-0.39, 0.29) is 11.7 Å². The third-order valence-corrected chi connectivity index (χ3v) is 6.54. The van der Waals surface area contributed by atoms with Crippen LogP contribution >= 0.6 is 0 Å². The van der Waals surface area contributed by atoms with Gasteiger partial charge in [0.25, 0.3) is 5.91 Å². The van der Waals surface area contributed by atoms with Crippen molar-refractivity contribution in [2.75, 3.05) is 19.6 Å². The quantitative estimate of drug-likeness (QED) is 0.914. The lowest BCUT2D eigenvalue weighted by Crippen LogP contribution is -2.62. The summed E-state index contributed by atoms with van der Waals surface area (Å²) in [5.74, 6) is 1.60. The molecule has 0 radical (unpaired) electrons. The van der Waals surface area contributed by atoms with Gasteiger partial charge in [0.15, 0.2) is 0 Å². The summed E-state index contributed by atoms with van der Waals surface area (Å²) in [6.07, 6.45) is 7.90. The summed E-state index contributed by atoms with van der Waals surface area (Å²) in [5.41, 5.74) is 0.696. The number of rotatable bonds is 3. The molecule has 2 bridgehead atoms. The molecule has 0 unspecified atom stereocenters. The molecule has 25 heavy (non-hydrogen) atoms. The van der Waals surface area contributed by atoms with Crippen molar-refractivity contribution >= 4 is 5.91 Å². The number of benzene rings is 1. The number of aromatic hydroxyl groups is 1. The molecule has 1 aromatic rings. The molecule has 1 N–H and O–H groups in total. The zero-order chi connectivity index (χ0) is 17.4. The number of carbonyl (C=O) groups is 1. The number of phenolic OH excluding ortho intramolecular Hbond substituents is 1. The Kier molecular flexibility index (Phi) is 4.72. The Labute approximate surface area is 150 Å². The smallest absolute Gasteiger partial charge is 0.253 e. The molecule has 3 heterocycles. The van der Waals surface area contributed by atoms with Crippen LogP contribution in [0.2, 0.25) is 0 Å².